The van der Waals surface area contributed by atoms with E-state index in [2.05, 4.69) is 35.7 Å². The maximum atomic E-state index is 12.9. The third kappa shape index (κ3) is 5.16. The lowest BCUT2D eigenvalue weighted by Crippen LogP contribution is -2.54. The molecule has 192 valence electrons. The highest BCUT2D eigenvalue weighted by Gasteiger charge is 2.41. The second-order valence-electron chi connectivity index (χ2n) is 9.09. The van der Waals surface area contributed by atoms with Gasteiger partial charge in [0.15, 0.2) is 28.4 Å². The first-order chi connectivity index (χ1) is 17.7. The van der Waals surface area contributed by atoms with Crippen molar-refractivity contribution in [3.05, 3.63) is 46.6 Å². The minimum Gasteiger partial charge on any atom is -0.382 e. The number of benzene rings is 1. The molecule has 14 heteroatoms. The Kier molecular flexibility index (Phi) is 6.38. The number of nitrogens with two attached hydrogens (primary N) is 2. The fourth-order valence-corrected chi connectivity index (χ4v) is 4.41. The van der Waals surface area contributed by atoms with E-state index in [0.29, 0.717) is 44.3 Å². The lowest BCUT2D eigenvalue weighted by atomic mass is 9.88. The molecular formula is C23H25ClN10O3. The molecule has 1 spiro atoms. The second-order valence-corrected chi connectivity index (χ2v) is 9.45. The summed E-state index contributed by atoms with van der Waals surface area (Å²) in [6.45, 7) is 3.61. The molecule has 1 aromatic carbocycles. The molecule has 2 saturated heterocycles. The van der Waals surface area contributed by atoms with Crippen LogP contribution in [0.15, 0.2) is 33.8 Å². The Balaban J connectivity index is 1.16. The third-order valence-electron chi connectivity index (χ3n) is 6.45. The van der Waals surface area contributed by atoms with Gasteiger partial charge in [0.25, 0.3) is 0 Å². The van der Waals surface area contributed by atoms with E-state index in [9.17, 15) is 9.59 Å². The third-order valence-corrected chi connectivity index (χ3v) is 6.73. The van der Waals surface area contributed by atoms with Crippen molar-refractivity contribution in [2.24, 2.45) is 4.99 Å². The Morgan fingerprint density at radius 2 is 1.86 bits per heavy atom. The number of rotatable bonds is 4. The summed E-state index contributed by atoms with van der Waals surface area (Å²) >= 11 is 5.86. The maximum Gasteiger partial charge on any atom is 0.302 e. The first-order valence-corrected chi connectivity index (χ1v) is 12.0. The number of aryl methyl sites for hydroxylation is 1. The number of carbonyl (C=O) groups is 2. The van der Waals surface area contributed by atoms with Gasteiger partial charge >= 0.3 is 5.91 Å². The summed E-state index contributed by atoms with van der Waals surface area (Å²) < 4.78 is 5.30. The quantitative estimate of drug-likeness (QED) is 0.380. The Morgan fingerprint density at radius 3 is 2.59 bits per heavy atom. The van der Waals surface area contributed by atoms with Crippen LogP contribution in [0.4, 0.5) is 11.6 Å². The zero-order chi connectivity index (χ0) is 26.2. The van der Waals surface area contributed by atoms with E-state index < -0.39 is 5.91 Å². The van der Waals surface area contributed by atoms with Gasteiger partial charge in [-0.15, -0.1) is 0 Å². The number of piperidine rings is 1. The molecule has 6 N–H and O–H groups in total. The number of nitrogens with zero attached hydrogens (tertiary/aromatic N) is 6. The number of carbonyl (C=O) groups excluding carboxylic acids is 2. The maximum absolute atomic E-state index is 12.9. The highest BCUT2D eigenvalue weighted by Crippen LogP contribution is 2.26. The lowest BCUT2D eigenvalue weighted by Gasteiger charge is -2.38. The summed E-state index contributed by atoms with van der Waals surface area (Å²) in [6, 6.07) is 7.76. The summed E-state index contributed by atoms with van der Waals surface area (Å²) in [4.78, 5) is 43.3. The monoisotopic (exact) mass is 524 g/mol. The number of likely N-dealkylation sites (tertiary alicyclic amines) is 1. The average Bonchev–Trinajstić information content (AvgIpc) is 3.49. The number of hydrogen-bond donors (Lipinski definition) is 4. The molecule has 2 aliphatic rings. The number of halogens is 1. The van der Waals surface area contributed by atoms with E-state index in [-0.39, 0.29) is 46.2 Å². The second kappa shape index (κ2) is 9.65. The predicted octanol–water partition coefficient (Wildman–Crippen LogP) is 0.946. The number of nitrogen functional groups attached to an aromatic ring is 2. The molecule has 13 nitrogen and oxygen atoms in total. The first-order valence-electron chi connectivity index (χ1n) is 11.6. The number of anilines is 2. The number of hydrogen-bond acceptors (Lipinski definition) is 9. The van der Waals surface area contributed by atoms with E-state index in [1.165, 1.54) is 0 Å². The topological polar surface area (TPSA) is 191 Å². The van der Waals surface area contributed by atoms with E-state index in [1.807, 2.05) is 31.2 Å². The molecule has 0 unspecified atom stereocenters. The molecule has 37 heavy (non-hydrogen) atoms. The number of aromatic nitrogens is 4. The van der Waals surface area contributed by atoms with Gasteiger partial charge < -0.3 is 31.5 Å². The lowest BCUT2D eigenvalue weighted by molar-refractivity contribution is -0.132. The number of nitrogens with one attached hydrogen (secondary N) is 2. The molecule has 0 radical (unpaired) electrons. The molecular weight excluding hydrogens is 500 g/mol. The van der Waals surface area contributed by atoms with Crippen LogP contribution in [0, 0.1) is 6.92 Å². The molecule has 2 amide bonds. The van der Waals surface area contributed by atoms with Crippen molar-refractivity contribution in [1.29, 1.82) is 0 Å². The molecule has 0 atom stereocenters. The Labute approximate surface area is 216 Å². The van der Waals surface area contributed by atoms with Crippen molar-refractivity contribution in [2.75, 3.05) is 31.1 Å². The van der Waals surface area contributed by atoms with Crippen molar-refractivity contribution < 1.29 is 14.1 Å². The molecule has 5 rings (SSSR count). The van der Waals surface area contributed by atoms with Crippen LogP contribution in [0.2, 0.25) is 5.15 Å². The zero-order valence-electron chi connectivity index (χ0n) is 20.0. The fraction of sp³-hybridized carbons (Fsp3) is 0.348. The van der Waals surface area contributed by atoms with Crippen molar-refractivity contribution in [3.63, 3.8) is 0 Å². The van der Waals surface area contributed by atoms with Crippen LogP contribution in [0.3, 0.4) is 0 Å². The largest absolute Gasteiger partial charge is 0.382 e. The molecule has 0 aliphatic carbocycles. The van der Waals surface area contributed by atoms with Gasteiger partial charge in [-0.1, -0.05) is 46.6 Å². The van der Waals surface area contributed by atoms with Gasteiger partial charge in [0, 0.05) is 25.2 Å². The number of amides is 2. The molecule has 2 aliphatic heterocycles. The number of guanidine groups is 1. The van der Waals surface area contributed by atoms with Crippen molar-refractivity contribution in [1.82, 2.24) is 35.6 Å². The van der Waals surface area contributed by atoms with Gasteiger partial charge in [-0.05, 0) is 19.8 Å². The van der Waals surface area contributed by atoms with Crippen LogP contribution < -0.4 is 22.1 Å². The molecule has 2 aromatic heterocycles. The molecule has 4 heterocycles. The van der Waals surface area contributed by atoms with Crippen LogP contribution in [0.1, 0.15) is 34.8 Å². The van der Waals surface area contributed by atoms with Crippen LogP contribution in [-0.4, -0.2) is 68.0 Å². The summed E-state index contributed by atoms with van der Waals surface area (Å²) in [5, 5.41) is 10.3. The van der Waals surface area contributed by atoms with Gasteiger partial charge in [-0.25, -0.2) is 9.97 Å². The minimum atomic E-state index is -0.698. The van der Waals surface area contributed by atoms with Crippen LogP contribution in [-0.2, 0) is 11.2 Å². The zero-order valence-corrected chi connectivity index (χ0v) is 20.7. The molecule has 0 bridgehead atoms. The SMILES string of the molecule is Cc1ccc(-c2noc(CC(=O)N3CCC4(CC3)CN/C(=N\C(=O)c3nc(Cl)c(N)nc3N)N4)n2)cc1. The van der Waals surface area contributed by atoms with E-state index in [1.54, 1.807) is 4.90 Å². The van der Waals surface area contributed by atoms with Gasteiger partial charge in [-0.3, -0.25) is 9.59 Å². The van der Waals surface area contributed by atoms with E-state index >= 15 is 0 Å². The van der Waals surface area contributed by atoms with Gasteiger partial charge in [0.1, 0.15) is 6.42 Å². The predicted molar refractivity (Wildman–Crippen MR) is 135 cm³/mol. The Morgan fingerprint density at radius 1 is 1.14 bits per heavy atom. The summed E-state index contributed by atoms with van der Waals surface area (Å²) in [5.74, 6) is 0.0360. The van der Waals surface area contributed by atoms with Crippen LogP contribution in [0.5, 0.6) is 0 Å². The molecule has 0 saturated carbocycles. The van der Waals surface area contributed by atoms with Crippen molar-refractivity contribution in [2.45, 2.75) is 31.7 Å². The first kappa shape index (κ1) is 24.4. The summed E-state index contributed by atoms with van der Waals surface area (Å²) in [7, 11) is 0. The Bertz CT molecular complexity index is 1380. The van der Waals surface area contributed by atoms with Crippen molar-refractivity contribution in [3.8, 4) is 11.4 Å². The summed E-state index contributed by atoms with van der Waals surface area (Å²) in [6.07, 6.45) is 1.35. The normalized spacial score (nSPS) is 17.6. The standard InChI is InChI=1S/C23H25ClN10O3/c1-12-2-4-13(5-3-12)20-28-14(37-33-20)10-15(35)34-8-6-23(7-9-34)11-27-22(32-23)31-21(36)16-18(25)30-19(26)17(24)29-16/h2-5H,6-11H2,1H3,(H4,25,26,30)(H2,27,31,32,36). The highest BCUT2D eigenvalue weighted by molar-refractivity contribution is 6.31. The van der Waals surface area contributed by atoms with Crippen LogP contribution >= 0.6 is 11.6 Å². The van der Waals surface area contributed by atoms with Gasteiger partial charge in [0.05, 0.1) is 5.54 Å². The number of aliphatic imine (C=N–C) groups is 1. The van der Waals surface area contributed by atoms with Gasteiger partial charge in [0.2, 0.25) is 17.6 Å². The smallest absolute Gasteiger partial charge is 0.302 e. The van der Waals surface area contributed by atoms with Crippen molar-refractivity contribution >= 4 is 41.0 Å². The average molecular weight is 525 g/mol. The highest BCUT2D eigenvalue weighted by atomic mass is 35.5. The van der Waals surface area contributed by atoms with Gasteiger partial charge in [-0.2, -0.15) is 9.98 Å². The molecule has 3 aromatic rings. The minimum absolute atomic E-state index is 0.0331. The summed E-state index contributed by atoms with van der Waals surface area (Å²) in [5.41, 5.74) is 12.7. The molecule has 2 fully saturated rings. The van der Waals surface area contributed by atoms with E-state index in [4.69, 9.17) is 27.6 Å². The van der Waals surface area contributed by atoms with E-state index in [0.717, 1.165) is 11.1 Å². The Hall–Kier alpha value is -4.26. The fourth-order valence-electron chi connectivity index (χ4n) is 4.29. The van der Waals surface area contributed by atoms with Crippen LogP contribution in [0.25, 0.3) is 11.4 Å².